The van der Waals surface area contributed by atoms with Crippen LogP contribution in [-0.2, 0) is 28.6 Å². The Kier molecular flexibility index (Phi) is 50.9. The highest BCUT2D eigenvalue weighted by Gasteiger charge is 2.19. The molecule has 0 aliphatic heterocycles. The van der Waals surface area contributed by atoms with Crippen molar-refractivity contribution >= 4 is 17.9 Å². The Labute approximate surface area is 402 Å². The number of carbonyl (C=O) groups excluding carboxylic acids is 3. The summed E-state index contributed by atoms with van der Waals surface area (Å²) in [6, 6.07) is 0. The Morgan fingerprint density at radius 3 is 1.02 bits per heavy atom. The molecule has 0 saturated heterocycles. The van der Waals surface area contributed by atoms with E-state index >= 15 is 0 Å². The maximum Gasteiger partial charge on any atom is 0.306 e. The number of hydrogen-bond acceptors (Lipinski definition) is 6. The molecule has 0 saturated carbocycles. The molecule has 0 fully saturated rings. The zero-order valence-corrected chi connectivity index (χ0v) is 42.7. The third-order valence-electron chi connectivity index (χ3n) is 11.7. The van der Waals surface area contributed by atoms with Crippen LogP contribution >= 0.6 is 0 Å². The van der Waals surface area contributed by atoms with Gasteiger partial charge in [-0.1, -0.05) is 235 Å². The van der Waals surface area contributed by atoms with E-state index in [9.17, 15) is 14.4 Å². The third-order valence-corrected chi connectivity index (χ3v) is 11.7. The van der Waals surface area contributed by atoms with Crippen LogP contribution in [0, 0.1) is 0 Å². The molecular formula is C59H102O6. The molecule has 1 atom stereocenters. The van der Waals surface area contributed by atoms with Crippen LogP contribution in [0.2, 0.25) is 0 Å². The van der Waals surface area contributed by atoms with Gasteiger partial charge < -0.3 is 14.2 Å². The van der Waals surface area contributed by atoms with Crippen molar-refractivity contribution in [2.75, 3.05) is 13.2 Å². The van der Waals surface area contributed by atoms with Gasteiger partial charge in [0.2, 0.25) is 0 Å². The molecule has 0 bridgehead atoms. The monoisotopic (exact) mass is 907 g/mol. The first-order chi connectivity index (χ1) is 32.0. The minimum absolute atomic E-state index is 0.0986. The number of esters is 3. The van der Waals surface area contributed by atoms with Gasteiger partial charge in [0, 0.05) is 19.3 Å². The largest absolute Gasteiger partial charge is 0.462 e. The van der Waals surface area contributed by atoms with Gasteiger partial charge in [-0.25, -0.2) is 0 Å². The van der Waals surface area contributed by atoms with Gasteiger partial charge >= 0.3 is 17.9 Å². The lowest BCUT2D eigenvalue weighted by atomic mass is 10.0. The van der Waals surface area contributed by atoms with E-state index < -0.39 is 6.10 Å². The van der Waals surface area contributed by atoms with Crippen molar-refractivity contribution in [3.8, 4) is 0 Å². The fourth-order valence-electron chi connectivity index (χ4n) is 7.54. The summed E-state index contributed by atoms with van der Waals surface area (Å²) < 4.78 is 16.8. The minimum Gasteiger partial charge on any atom is -0.462 e. The van der Waals surface area contributed by atoms with Gasteiger partial charge in [-0.3, -0.25) is 14.4 Å². The van der Waals surface area contributed by atoms with Crippen molar-refractivity contribution < 1.29 is 28.6 Å². The summed E-state index contributed by atoms with van der Waals surface area (Å²) in [5.41, 5.74) is 0. The lowest BCUT2D eigenvalue weighted by Gasteiger charge is -2.18. The van der Waals surface area contributed by atoms with Crippen molar-refractivity contribution in [3.05, 3.63) is 72.9 Å². The number of ether oxygens (including phenoxy) is 3. The van der Waals surface area contributed by atoms with E-state index in [0.717, 1.165) is 64.2 Å². The number of carbonyl (C=O) groups is 3. The molecule has 0 aromatic rings. The SMILES string of the molecule is CCCCC/C=C\C/C=C\C/C=C\C/C=C\C/C=C\CCC(=O)OC[C@H](COC(=O)CCCCCCCCC/C=C\CCCCCC)OC(=O)CCCCCCCCCCCCCCC. The van der Waals surface area contributed by atoms with Crippen molar-refractivity contribution in [3.63, 3.8) is 0 Å². The Bertz CT molecular complexity index is 1230. The average Bonchev–Trinajstić information content (AvgIpc) is 3.30. The Morgan fingerprint density at radius 1 is 0.308 bits per heavy atom. The minimum atomic E-state index is -0.804. The fraction of sp³-hybridized carbons (Fsp3) is 0.746. The van der Waals surface area contributed by atoms with Crippen molar-refractivity contribution in [2.45, 2.75) is 271 Å². The van der Waals surface area contributed by atoms with E-state index in [0.29, 0.717) is 19.3 Å². The maximum absolute atomic E-state index is 12.8. The van der Waals surface area contributed by atoms with E-state index in [2.05, 4.69) is 87.6 Å². The van der Waals surface area contributed by atoms with Crippen LogP contribution in [0.5, 0.6) is 0 Å². The predicted molar refractivity (Wildman–Crippen MR) is 279 cm³/mol. The van der Waals surface area contributed by atoms with Crippen molar-refractivity contribution in [1.29, 1.82) is 0 Å². The smallest absolute Gasteiger partial charge is 0.306 e. The second-order valence-corrected chi connectivity index (χ2v) is 18.1. The lowest BCUT2D eigenvalue weighted by molar-refractivity contribution is -0.166. The summed E-state index contributed by atoms with van der Waals surface area (Å²) in [5.74, 6) is -0.983. The molecule has 65 heavy (non-hydrogen) atoms. The van der Waals surface area contributed by atoms with Crippen LogP contribution in [-0.4, -0.2) is 37.2 Å². The normalized spacial score (nSPS) is 12.6. The zero-order chi connectivity index (χ0) is 47.2. The molecule has 0 aromatic heterocycles. The summed E-state index contributed by atoms with van der Waals surface area (Å²) in [5, 5.41) is 0. The van der Waals surface area contributed by atoms with E-state index in [1.54, 1.807) is 0 Å². The molecule has 0 spiro atoms. The van der Waals surface area contributed by atoms with Crippen LogP contribution in [0.3, 0.4) is 0 Å². The van der Waals surface area contributed by atoms with E-state index in [1.807, 2.05) is 6.08 Å². The molecule has 0 aliphatic rings. The van der Waals surface area contributed by atoms with Gasteiger partial charge in [-0.15, -0.1) is 0 Å². The molecule has 374 valence electrons. The summed E-state index contributed by atoms with van der Waals surface area (Å²) >= 11 is 0. The first kappa shape index (κ1) is 61.9. The van der Waals surface area contributed by atoms with Crippen molar-refractivity contribution in [2.24, 2.45) is 0 Å². The molecule has 0 aromatic carbocycles. The number of unbranched alkanes of at least 4 members (excludes halogenated alkanes) is 26. The van der Waals surface area contributed by atoms with Gasteiger partial charge in [0.25, 0.3) is 0 Å². The first-order valence-electron chi connectivity index (χ1n) is 27.4. The Balaban J connectivity index is 4.47. The zero-order valence-electron chi connectivity index (χ0n) is 42.7. The van der Waals surface area contributed by atoms with Crippen LogP contribution in [0.25, 0.3) is 0 Å². The molecule has 6 heteroatoms. The van der Waals surface area contributed by atoms with Gasteiger partial charge in [-0.05, 0) is 83.5 Å². The second kappa shape index (κ2) is 53.5. The highest BCUT2D eigenvalue weighted by molar-refractivity contribution is 5.71. The molecule has 0 radical (unpaired) electrons. The summed E-state index contributed by atoms with van der Waals surface area (Å²) in [6.07, 6.45) is 67.5. The molecule has 0 heterocycles. The first-order valence-corrected chi connectivity index (χ1v) is 27.4. The maximum atomic E-state index is 12.8. The molecule has 6 nitrogen and oxygen atoms in total. The Morgan fingerprint density at radius 2 is 0.585 bits per heavy atom. The van der Waals surface area contributed by atoms with Gasteiger partial charge in [-0.2, -0.15) is 0 Å². The van der Waals surface area contributed by atoms with Crippen LogP contribution in [0.15, 0.2) is 72.9 Å². The standard InChI is InChI=1S/C59H102O6/c1-4-7-10-13-16-19-22-25-27-28-29-30-32-35-37-40-43-46-49-52-58(61)64-55-56(65-59(62)53-50-47-44-41-38-33-24-21-18-15-12-9-6-3)54-63-57(60)51-48-45-42-39-36-34-31-26-23-20-17-14-11-8-5-2/h16,19-20,23,25,27,29-30,35,37,43,46,56H,4-15,17-18,21-22,24,26,28,31-34,36,38-42,44-45,47-55H2,1-3H3/b19-16-,23-20-,27-25-,30-29-,37-35-,46-43-/t56-/m0/s1. The quantitative estimate of drug-likeness (QED) is 0.0262. The third kappa shape index (κ3) is 51.7. The second-order valence-electron chi connectivity index (χ2n) is 18.1. The number of rotatable bonds is 49. The van der Waals surface area contributed by atoms with Crippen molar-refractivity contribution in [1.82, 2.24) is 0 Å². The number of hydrogen-bond donors (Lipinski definition) is 0. The summed E-state index contributed by atoms with van der Waals surface area (Å²) in [4.78, 5) is 38.0. The molecular weight excluding hydrogens is 805 g/mol. The molecule has 0 aliphatic carbocycles. The molecule has 0 rings (SSSR count). The summed E-state index contributed by atoms with van der Waals surface area (Å²) in [7, 11) is 0. The van der Waals surface area contributed by atoms with Crippen LogP contribution in [0.4, 0.5) is 0 Å². The van der Waals surface area contributed by atoms with Crippen LogP contribution < -0.4 is 0 Å². The predicted octanol–water partition coefficient (Wildman–Crippen LogP) is 18.2. The molecule has 0 unspecified atom stereocenters. The number of allylic oxidation sites excluding steroid dienone is 12. The van der Waals surface area contributed by atoms with E-state index in [4.69, 9.17) is 14.2 Å². The highest BCUT2D eigenvalue weighted by atomic mass is 16.6. The molecule has 0 N–H and O–H groups in total. The average molecular weight is 907 g/mol. The van der Waals surface area contributed by atoms with Crippen LogP contribution in [0.1, 0.15) is 265 Å². The highest BCUT2D eigenvalue weighted by Crippen LogP contribution is 2.15. The van der Waals surface area contributed by atoms with Gasteiger partial charge in [0.15, 0.2) is 6.10 Å². The summed E-state index contributed by atoms with van der Waals surface area (Å²) in [6.45, 7) is 6.54. The van der Waals surface area contributed by atoms with E-state index in [-0.39, 0.29) is 37.5 Å². The topological polar surface area (TPSA) is 78.9 Å². The molecule has 0 amide bonds. The van der Waals surface area contributed by atoms with Gasteiger partial charge in [0.1, 0.15) is 13.2 Å². The Hall–Kier alpha value is -3.15. The van der Waals surface area contributed by atoms with E-state index in [1.165, 1.54) is 154 Å². The fourth-order valence-corrected chi connectivity index (χ4v) is 7.54. The lowest BCUT2D eigenvalue weighted by Crippen LogP contribution is -2.30. The van der Waals surface area contributed by atoms with Gasteiger partial charge in [0.05, 0.1) is 0 Å².